The first-order valence-corrected chi connectivity index (χ1v) is 34.6. The summed E-state index contributed by atoms with van der Waals surface area (Å²) in [5.41, 5.74) is 3.06. The summed E-state index contributed by atoms with van der Waals surface area (Å²) in [4.78, 5) is 66.0. The fourth-order valence-electron chi connectivity index (χ4n) is 10.1. The molecular formula is C63H85Cl2N5O23S2. The van der Waals surface area contributed by atoms with Crippen molar-refractivity contribution in [1.29, 1.82) is 0 Å². The normalized spacial score (nSPS) is 18.1. The number of methoxy groups -OCH3 is 1. The van der Waals surface area contributed by atoms with Crippen molar-refractivity contribution < 1.29 is 108 Å². The van der Waals surface area contributed by atoms with Gasteiger partial charge in [-0.3, -0.25) is 34.4 Å². The van der Waals surface area contributed by atoms with E-state index in [1.54, 1.807) is 53.4 Å². The van der Waals surface area contributed by atoms with Gasteiger partial charge in [-0.2, -0.15) is 0 Å². The number of halogens is 2. The second-order valence-electron chi connectivity index (χ2n) is 21.7. The van der Waals surface area contributed by atoms with Crippen molar-refractivity contribution in [3.8, 4) is 23.0 Å². The van der Waals surface area contributed by atoms with Crippen LogP contribution in [0.2, 0.25) is 10.0 Å². The quantitative estimate of drug-likeness (QED) is 0.0191. The van der Waals surface area contributed by atoms with E-state index in [2.05, 4.69) is 10.6 Å². The third-order valence-electron chi connectivity index (χ3n) is 15.3. The number of carbonyl (C=O) groups excluding carboxylic acids is 5. The lowest BCUT2D eigenvalue weighted by atomic mass is 9.91. The van der Waals surface area contributed by atoms with Gasteiger partial charge < -0.3 is 72.4 Å². The summed E-state index contributed by atoms with van der Waals surface area (Å²) in [6, 6.07) is 24.3. The molecule has 4 unspecified atom stereocenters. The first kappa shape index (κ1) is 77.8. The van der Waals surface area contributed by atoms with Gasteiger partial charge in [0.1, 0.15) is 29.6 Å². The largest absolute Gasteiger partial charge is 0.457 e. The lowest BCUT2D eigenvalue weighted by Crippen LogP contribution is -2.56. The summed E-state index contributed by atoms with van der Waals surface area (Å²) in [6.45, 7) is 3.98. The third kappa shape index (κ3) is 24.7. The average Bonchev–Trinajstić information content (AvgIpc) is 0.752. The molecule has 28 nitrogen and oxygen atoms in total. The second-order valence-corrected chi connectivity index (χ2v) is 27.1. The van der Waals surface area contributed by atoms with Crippen LogP contribution in [-0.2, 0) is 91.0 Å². The number of sulfone groups is 2. The Kier molecular flexibility index (Phi) is 33.7. The van der Waals surface area contributed by atoms with Crippen LogP contribution in [0, 0.1) is 0 Å². The molecule has 4 atom stereocenters. The number of nitrogens with zero attached hydrogens (tertiary/aromatic N) is 1. The van der Waals surface area contributed by atoms with Crippen LogP contribution in [0.25, 0.3) is 0 Å². The smallest absolute Gasteiger partial charge is 0.265 e. The summed E-state index contributed by atoms with van der Waals surface area (Å²) < 4.78 is 119. The molecule has 2 aliphatic rings. The number of nitrogens with one attached hydrogen (secondary N) is 4. The highest BCUT2D eigenvalue weighted by molar-refractivity contribution is 7.94. The molecule has 2 fully saturated rings. The average molecular weight is 1420 g/mol. The highest BCUT2D eigenvalue weighted by Gasteiger charge is 2.56. The summed E-state index contributed by atoms with van der Waals surface area (Å²) >= 11 is 11.9. The number of amides is 5. The van der Waals surface area contributed by atoms with E-state index in [-0.39, 0.29) is 211 Å². The molecule has 526 valence electrons. The van der Waals surface area contributed by atoms with Crippen molar-refractivity contribution in [1.82, 2.24) is 26.5 Å². The summed E-state index contributed by atoms with van der Waals surface area (Å²) in [6.07, 6.45) is -2.41. The van der Waals surface area contributed by atoms with Gasteiger partial charge in [0.2, 0.25) is 17.7 Å². The summed E-state index contributed by atoms with van der Waals surface area (Å²) in [7, 11) is -7.22. The van der Waals surface area contributed by atoms with Gasteiger partial charge in [0.15, 0.2) is 29.2 Å². The van der Waals surface area contributed by atoms with Crippen LogP contribution in [0.1, 0.15) is 51.4 Å². The van der Waals surface area contributed by atoms with Crippen molar-refractivity contribution in [2.75, 3.05) is 146 Å². The molecule has 2 aliphatic heterocycles. The highest BCUT2D eigenvalue weighted by Crippen LogP contribution is 2.41. The van der Waals surface area contributed by atoms with E-state index < -0.39 is 53.2 Å². The Morgan fingerprint density at radius 2 is 0.832 bits per heavy atom. The minimum absolute atomic E-state index is 0.0237. The van der Waals surface area contributed by atoms with Crippen molar-refractivity contribution in [3.05, 3.63) is 107 Å². The van der Waals surface area contributed by atoms with E-state index in [4.69, 9.17) is 80.0 Å². The number of hydrogen-bond acceptors (Lipinski definition) is 23. The van der Waals surface area contributed by atoms with E-state index in [1.165, 1.54) is 66.6 Å². The zero-order valence-corrected chi connectivity index (χ0v) is 56.0. The molecule has 2 saturated heterocycles. The molecule has 6 N–H and O–H groups in total. The maximum Gasteiger partial charge on any atom is 0.265 e. The monoisotopic (exact) mass is 1410 g/mol. The van der Waals surface area contributed by atoms with Crippen molar-refractivity contribution in [2.45, 2.75) is 82.9 Å². The number of ether oxygens (including phenoxy) is 12. The van der Waals surface area contributed by atoms with E-state index in [0.29, 0.717) is 39.7 Å². The predicted molar refractivity (Wildman–Crippen MR) is 342 cm³/mol. The molecule has 0 aliphatic carbocycles. The zero-order chi connectivity index (χ0) is 68.4. The van der Waals surface area contributed by atoms with Gasteiger partial charge in [-0.25, -0.2) is 27.8 Å². The molecule has 4 aromatic rings. The van der Waals surface area contributed by atoms with Gasteiger partial charge in [-0.15, -0.1) is 0 Å². The molecular weight excluding hydrogens is 1330 g/mol. The van der Waals surface area contributed by atoms with Gasteiger partial charge in [0.05, 0.1) is 114 Å². The SMILES string of the molecule is COCCOCC(=O)N(CCOCCOCCOCCNC(=O)CCC1CC(C(=O)NO)(S(=O)(=O)c2ccc(Oc3ccc(Cl)cc3)cc2)CCO1)CCOCCOCCOCCNC(=O)CCC1CC(C(=O)NO)(S(=O)(=O)c2ccc(Oc3ccc(Cl)cc3)cc2)CCO1. The Morgan fingerprint density at radius 1 is 0.495 bits per heavy atom. The standard InChI is InChI=1S/C63H85Cl2N5O23S2/c1-82-34-35-89-46-59(73)70(26-32-85-38-42-87-40-36-83-30-24-66-57(71)20-14-53-44-62(22-28-90-53,60(74)68-76)94(78,79)55-16-10-51(11-17-55)92-49-6-2-47(64)3-7-49)27-33-86-39-43-88-41-37-84-31-25-67-58(72)21-15-54-45-63(23-29-91-54,61(75)69-77)95(80,81)56-18-12-52(13-19-56)93-50-8-4-48(65)5-9-50/h2-13,16-19,53-54,76-77H,14-15,20-46H2,1H3,(H,66,71)(H,67,72)(H,68,74)(H,69,75). The van der Waals surface area contributed by atoms with Gasteiger partial charge >= 0.3 is 0 Å². The van der Waals surface area contributed by atoms with Crippen LogP contribution >= 0.6 is 23.2 Å². The molecule has 32 heteroatoms. The molecule has 2 heterocycles. The number of benzene rings is 4. The van der Waals surface area contributed by atoms with Crippen LogP contribution in [0.3, 0.4) is 0 Å². The summed E-state index contributed by atoms with van der Waals surface area (Å²) in [5, 5.41) is 25.9. The van der Waals surface area contributed by atoms with Crippen molar-refractivity contribution >= 4 is 72.4 Å². The molecule has 95 heavy (non-hydrogen) atoms. The lowest BCUT2D eigenvalue weighted by molar-refractivity contribution is -0.138. The maximum atomic E-state index is 14.1. The van der Waals surface area contributed by atoms with E-state index in [9.17, 15) is 51.2 Å². The molecule has 0 aromatic heterocycles. The molecule has 5 amide bonds. The number of rotatable bonds is 45. The molecule has 0 radical (unpaired) electrons. The topological polar surface area (TPSA) is 356 Å². The first-order chi connectivity index (χ1) is 45.9. The minimum Gasteiger partial charge on any atom is -0.457 e. The lowest BCUT2D eigenvalue weighted by Gasteiger charge is -2.38. The molecule has 0 bridgehead atoms. The summed E-state index contributed by atoms with van der Waals surface area (Å²) in [5.74, 6) is -1.44. The van der Waals surface area contributed by atoms with Crippen LogP contribution in [-0.4, -0.2) is 229 Å². The molecule has 6 rings (SSSR count). The van der Waals surface area contributed by atoms with Crippen molar-refractivity contribution in [3.63, 3.8) is 0 Å². The van der Waals surface area contributed by atoms with Crippen LogP contribution < -0.4 is 31.1 Å². The van der Waals surface area contributed by atoms with Gasteiger partial charge in [0, 0.05) is 82.2 Å². The minimum atomic E-state index is -4.38. The Balaban J connectivity index is 0.765. The highest BCUT2D eigenvalue weighted by atomic mass is 35.5. The Bertz CT molecular complexity index is 3020. The number of hydroxylamine groups is 2. The third-order valence-corrected chi connectivity index (χ3v) is 20.8. The number of carbonyl (C=O) groups is 5. The first-order valence-electron chi connectivity index (χ1n) is 30.9. The zero-order valence-electron chi connectivity index (χ0n) is 52.9. The second kappa shape index (κ2) is 41.2. The fraction of sp³-hybridized carbons (Fsp3) is 0.540. The van der Waals surface area contributed by atoms with E-state index in [0.717, 1.165) is 0 Å². The number of hydrogen-bond donors (Lipinski definition) is 6. The molecule has 4 aromatic carbocycles. The van der Waals surface area contributed by atoms with Gasteiger partial charge in [0.25, 0.3) is 11.8 Å². The molecule has 0 saturated carbocycles. The van der Waals surface area contributed by atoms with Gasteiger partial charge in [-0.05, 0) is 123 Å². The van der Waals surface area contributed by atoms with Crippen LogP contribution in [0.15, 0.2) is 107 Å². The van der Waals surface area contributed by atoms with Crippen LogP contribution in [0.5, 0.6) is 23.0 Å². The Labute approximate surface area is 562 Å². The maximum absolute atomic E-state index is 14.1. The van der Waals surface area contributed by atoms with E-state index >= 15 is 0 Å². The van der Waals surface area contributed by atoms with Crippen molar-refractivity contribution in [2.24, 2.45) is 0 Å². The Morgan fingerprint density at radius 3 is 1.19 bits per heavy atom. The Hall–Kier alpha value is -6.17. The predicted octanol–water partition coefficient (Wildman–Crippen LogP) is 5.06. The van der Waals surface area contributed by atoms with E-state index in [1.807, 2.05) is 0 Å². The molecule has 0 spiro atoms. The van der Waals surface area contributed by atoms with Crippen LogP contribution in [0.4, 0.5) is 0 Å². The van der Waals surface area contributed by atoms with Gasteiger partial charge in [-0.1, -0.05) is 23.2 Å². The fourth-order valence-corrected chi connectivity index (χ4v) is 14.4.